The van der Waals surface area contributed by atoms with Crippen molar-refractivity contribution < 1.29 is 18.8 Å². The van der Waals surface area contributed by atoms with Gasteiger partial charge >= 0.3 is 5.69 Å². The number of nitro benzene ring substituents is 1. The number of likely N-dealkylation sites (N-methyl/N-ethyl adjacent to an activating group) is 1. The van der Waals surface area contributed by atoms with E-state index in [0.717, 1.165) is 6.07 Å². The Kier molecular flexibility index (Phi) is 3.95. The Balaban J connectivity index is 3.35. The maximum atomic E-state index is 13.3. The van der Waals surface area contributed by atoms with Crippen LogP contribution in [-0.2, 0) is 0 Å². The lowest BCUT2D eigenvalue weighted by Crippen LogP contribution is -2.32. The summed E-state index contributed by atoms with van der Waals surface area (Å²) < 4.78 is 26.4. The number of halogens is 2. The minimum absolute atomic E-state index is 0.200. The highest BCUT2D eigenvalue weighted by molar-refractivity contribution is 5.64. The number of hydrogen-bond acceptors (Lipinski definition) is 4. The highest BCUT2D eigenvalue weighted by Gasteiger charge is 2.26. The van der Waals surface area contributed by atoms with E-state index in [1.807, 2.05) is 0 Å². The highest BCUT2D eigenvalue weighted by Crippen LogP contribution is 2.32. The molecule has 94 valence electrons. The number of nitro groups is 1. The molecular formula is C10H12F2N2O3. The van der Waals surface area contributed by atoms with E-state index >= 15 is 0 Å². The second-order valence-corrected chi connectivity index (χ2v) is 3.65. The quantitative estimate of drug-likeness (QED) is 0.648. The number of benzene rings is 1. The van der Waals surface area contributed by atoms with Gasteiger partial charge in [0.1, 0.15) is 11.5 Å². The first kappa shape index (κ1) is 13.3. The molecule has 1 aromatic carbocycles. The molecule has 0 aliphatic carbocycles. The van der Waals surface area contributed by atoms with Crippen LogP contribution in [-0.4, -0.2) is 29.7 Å². The van der Waals surface area contributed by atoms with Gasteiger partial charge in [-0.3, -0.25) is 10.1 Å². The fourth-order valence-corrected chi connectivity index (χ4v) is 1.36. The molecule has 0 amide bonds. The summed E-state index contributed by atoms with van der Waals surface area (Å²) in [7, 11) is 1.42. The average molecular weight is 246 g/mol. The first-order valence-electron chi connectivity index (χ1n) is 4.85. The lowest BCUT2D eigenvalue weighted by Gasteiger charge is -2.25. The fourth-order valence-electron chi connectivity index (χ4n) is 1.36. The van der Waals surface area contributed by atoms with Crippen LogP contribution in [0.4, 0.5) is 20.2 Å². The van der Waals surface area contributed by atoms with Gasteiger partial charge in [0, 0.05) is 25.2 Å². The van der Waals surface area contributed by atoms with Gasteiger partial charge in [0.2, 0.25) is 5.82 Å². The molecule has 0 saturated heterocycles. The van der Waals surface area contributed by atoms with Gasteiger partial charge in [0.25, 0.3) is 0 Å². The van der Waals surface area contributed by atoms with Gasteiger partial charge in [-0.05, 0) is 6.92 Å². The molecule has 0 spiro atoms. The zero-order valence-electron chi connectivity index (χ0n) is 9.35. The van der Waals surface area contributed by atoms with E-state index < -0.39 is 28.3 Å². The molecule has 0 fully saturated rings. The van der Waals surface area contributed by atoms with Crippen LogP contribution in [0, 0.1) is 21.7 Å². The van der Waals surface area contributed by atoms with Crippen molar-refractivity contribution in [1.82, 2.24) is 0 Å². The maximum absolute atomic E-state index is 13.3. The molecule has 0 aromatic heterocycles. The molecule has 0 heterocycles. The summed E-state index contributed by atoms with van der Waals surface area (Å²) in [6, 6.07) is 0.835. The summed E-state index contributed by atoms with van der Waals surface area (Å²) in [6.07, 6.45) is 0. The smallest absolute Gasteiger partial charge is 0.328 e. The summed E-state index contributed by atoms with van der Waals surface area (Å²) in [5.74, 6) is -2.14. The van der Waals surface area contributed by atoms with E-state index in [4.69, 9.17) is 5.11 Å². The van der Waals surface area contributed by atoms with Crippen molar-refractivity contribution in [2.45, 2.75) is 13.0 Å². The third-order valence-corrected chi connectivity index (χ3v) is 2.50. The minimum Gasteiger partial charge on any atom is -0.394 e. The van der Waals surface area contributed by atoms with Crippen LogP contribution in [0.5, 0.6) is 0 Å². The number of aliphatic hydroxyl groups excluding tert-OH is 1. The predicted molar refractivity (Wildman–Crippen MR) is 58.0 cm³/mol. The number of nitrogens with zero attached hydrogens (tertiary/aromatic N) is 2. The Hall–Kier alpha value is -1.76. The number of rotatable bonds is 4. The predicted octanol–water partition coefficient (Wildman–Crippen LogP) is 1.69. The molecule has 1 atom stereocenters. The van der Waals surface area contributed by atoms with Crippen LogP contribution in [0.15, 0.2) is 12.1 Å². The molecule has 7 heteroatoms. The molecule has 1 rings (SSSR count). The van der Waals surface area contributed by atoms with E-state index in [-0.39, 0.29) is 12.3 Å². The lowest BCUT2D eigenvalue weighted by atomic mass is 10.2. The van der Waals surface area contributed by atoms with Gasteiger partial charge in [-0.15, -0.1) is 0 Å². The lowest BCUT2D eigenvalue weighted by molar-refractivity contribution is -0.386. The SMILES string of the molecule is CC(CO)N(C)c1cc(F)cc(F)c1[N+](=O)[O-]. The molecule has 0 aliphatic heterocycles. The highest BCUT2D eigenvalue weighted by atomic mass is 19.1. The topological polar surface area (TPSA) is 66.6 Å². The van der Waals surface area contributed by atoms with Crippen molar-refractivity contribution in [1.29, 1.82) is 0 Å². The van der Waals surface area contributed by atoms with Crippen molar-refractivity contribution in [2.75, 3.05) is 18.6 Å². The Morgan fingerprint density at radius 2 is 2.12 bits per heavy atom. The molecule has 1 unspecified atom stereocenters. The molecule has 1 aromatic rings. The number of anilines is 1. The number of aliphatic hydroxyl groups is 1. The van der Waals surface area contributed by atoms with Crippen LogP contribution in [0.3, 0.4) is 0 Å². The summed E-state index contributed by atoms with van der Waals surface area (Å²) in [5.41, 5.74) is -0.997. The summed E-state index contributed by atoms with van der Waals surface area (Å²) in [4.78, 5) is 11.1. The average Bonchev–Trinajstić information content (AvgIpc) is 2.25. The largest absolute Gasteiger partial charge is 0.394 e. The van der Waals surface area contributed by atoms with E-state index in [1.54, 1.807) is 6.92 Å². The fraction of sp³-hybridized carbons (Fsp3) is 0.400. The van der Waals surface area contributed by atoms with Crippen molar-refractivity contribution in [3.63, 3.8) is 0 Å². The first-order chi connectivity index (χ1) is 7.88. The third kappa shape index (κ3) is 2.68. The number of hydrogen-bond donors (Lipinski definition) is 1. The van der Waals surface area contributed by atoms with Crippen LogP contribution < -0.4 is 4.90 Å². The van der Waals surface area contributed by atoms with Crippen LogP contribution in [0.25, 0.3) is 0 Å². The molecule has 5 nitrogen and oxygen atoms in total. The Morgan fingerprint density at radius 3 is 2.59 bits per heavy atom. The van der Waals surface area contributed by atoms with Crippen molar-refractivity contribution >= 4 is 11.4 Å². The summed E-state index contributed by atoms with van der Waals surface area (Å²) in [6.45, 7) is 1.29. The standard InChI is InChI=1S/C10H12F2N2O3/c1-6(5-15)13(2)9-4-7(11)3-8(12)10(9)14(16)17/h3-4,6,15H,5H2,1-2H3. The Bertz CT molecular complexity index is 440. The van der Waals surface area contributed by atoms with Gasteiger partial charge in [-0.2, -0.15) is 4.39 Å². The van der Waals surface area contributed by atoms with Crippen molar-refractivity contribution in [3.05, 3.63) is 33.9 Å². The zero-order chi connectivity index (χ0) is 13.2. The first-order valence-corrected chi connectivity index (χ1v) is 4.85. The summed E-state index contributed by atoms with van der Waals surface area (Å²) >= 11 is 0. The van der Waals surface area contributed by atoms with E-state index in [1.165, 1.54) is 11.9 Å². The van der Waals surface area contributed by atoms with Gasteiger partial charge in [0.05, 0.1) is 11.5 Å². The second kappa shape index (κ2) is 5.05. The Morgan fingerprint density at radius 1 is 1.53 bits per heavy atom. The van der Waals surface area contributed by atoms with Crippen molar-refractivity contribution in [2.24, 2.45) is 0 Å². The van der Waals surface area contributed by atoms with Gasteiger partial charge in [-0.25, -0.2) is 4.39 Å². The third-order valence-electron chi connectivity index (χ3n) is 2.50. The van der Waals surface area contributed by atoms with Crippen molar-refractivity contribution in [3.8, 4) is 0 Å². The van der Waals surface area contributed by atoms with Gasteiger partial charge < -0.3 is 10.0 Å². The van der Waals surface area contributed by atoms with E-state index in [2.05, 4.69) is 0 Å². The zero-order valence-corrected chi connectivity index (χ0v) is 9.35. The van der Waals surface area contributed by atoms with Crippen LogP contribution in [0.1, 0.15) is 6.92 Å². The minimum atomic E-state index is -1.23. The van der Waals surface area contributed by atoms with E-state index in [0.29, 0.717) is 6.07 Å². The van der Waals surface area contributed by atoms with Gasteiger partial charge in [-0.1, -0.05) is 0 Å². The second-order valence-electron chi connectivity index (χ2n) is 3.65. The molecule has 0 bridgehead atoms. The molecule has 0 aliphatic rings. The maximum Gasteiger partial charge on any atom is 0.328 e. The van der Waals surface area contributed by atoms with E-state index in [9.17, 15) is 18.9 Å². The van der Waals surface area contributed by atoms with Crippen LogP contribution >= 0.6 is 0 Å². The molecule has 0 saturated carbocycles. The monoisotopic (exact) mass is 246 g/mol. The molecule has 1 N–H and O–H groups in total. The Labute approximate surface area is 96.4 Å². The summed E-state index contributed by atoms with van der Waals surface area (Å²) in [5, 5.41) is 19.7. The normalized spacial score (nSPS) is 12.3. The van der Waals surface area contributed by atoms with Crippen LogP contribution in [0.2, 0.25) is 0 Å². The molecule has 17 heavy (non-hydrogen) atoms. The van der Waals surface area contributed by atoms with Gasteiger partial charge in [0.15, 0.2) is 0 Å². The molecule has 0 radical (unpaired) electrons. The molecular weight excluding hydrogens is 234 g/mol.